The first kappa shape index (κ1) is 15.7. The van der Waals surface area contributed by atoms with Gasteiger partial charge in [-0.1, -0.05) is 6.07 Å². The fourth-order valence-corrected chi connectivity index (χ4v) is 2.14. The Morgan fingerprint density at radius 2 is 1.86 bits per heavy atom. The summed E-state index contributed by atoms with van der Waals surface area (Å²) in [4.78, 5) is 10.7. The lowest BCUT2D eigenvalue weighted by atomic mass is 9.98. The van der Waals surface area contributed by atoms with E-state index in [0.29, 0.717) is 16.9 Å². The van der Waals surface area contributed by atoms with E-state index in [0.717, 1.165) is 6.08 Å². The van der Waals surface area contributed by atoms with Gasteiger partial charge in [0, 0.05) is 17.2 Å². The second kappa shape index (κ2) is 6.39. The summed E-state index contributed by atoms with van der Waals surface area (Å²) in [7, 11) is 1.41. The van der Waals surface area contributed by atoms with Crippen molar-refractivity contribution in [1.29, 1.82) is 0 Å². The first-order valence-electron chi connectivity index (χ1n) is 6.47. The third-order valence-corrected chi connectivity index (χ3v) is 3.21. The molecule has 2 aromatic carbocycles. The number of allylic oxidation sites excluding steroid dienone is 1. The van der Waals surface area contributed by atoms with Crippen molar-refractivity contribution in [2.75, 3.05) is 7.11 Å². The van der Waals surface area contributed by atoms with Crippen LogP contribution in [0.1, 0.15) is 12.5 Å². The molecule has 0 amide bonds. The summed E-state index contributed by atoms with van der Waals surface area (Å²) in [6.45, 7) is 1.61. The zero-order chi connectivity index (χ0) is 16.3. The van der Waals surface area contributed by atoms with Crippen LogP contribution in [0.25, 0.3) is 16.7 Å². The molecule has 0 unspecified atom stereocenters. The summed E-state index contributed by atoms with van der Waals surface area (Å²) in [6.07, 6.45) is 1.03. The molecule has 0 aliphatic carbocycles. The molecule has 2 rings (SSSR count). The summed E-state index contributed by atoms with van der Waals surface area (Å²) in [5, 5.41) is 8.78. The molecule has 0 fully saturated rings. The minimum absolute atomic E-state index is 0.145. The normalized spacial score (nSPS) is 11.4. The number of aliphatic carboxylic acids is 1. The standard InChI is InChI=1S/C17H14F2O3/c1-10(7-17(20)21)11-3-5-15(19)13(8-11)14-9-12(18)4-6-16(14)22-2/h3-9H,1-2H3,(H,20,21)/b10-7+. The molecule has 0 heterocycles. The summed E-state index contributed by atoms with van der Waals surface area (Å²) in [6, 6.07) is 7.97. The molecule has 0 saturated heterocycles. The predicted octanol–water partition coefficient (Wildman–Crippen LogP) is 4.13. The number of methoxy groups -OCH3 is 1. The van der Waals surface area contributed by atoms with Gasteiger partial charge in [0.1, 0.15) is 17.4 Å². The number of ether oxygens (including phenoxy) is 1. The van der Waals surface area contributed by atoms with Gasteiger partial charge in [0.05, 0.1) is 7.11 Å². The molecular formula is C17H14F2O3. The summed E-state index contributed by atoms with van der Waals surface area (Å²) >= 11 is 0. The van der Waals surface area contributed by atoms with E-state index < -0.39 is 17.6 Å². The number of hydrogen-bond donors (Lipinski definition) is 1. The highest BCUT2D eigenvalue weighted by Crippen LogP contribution is 2.34. The first-order chi connectivity index (χ1) is 10.4. The average Bonchev–Trinajstić information content (AvgIpc) is 2.47. The Bertz CT molecular complexity index is 752. The van der Waals surface area contributed by atoms with Crippen LogP contribution in [0.15, 0.2) is 42.5 Å². The Morgan fingerprint density at radius 3 is 2.50 bits per heavy atom. The molecule has 0 aliphatic rings. The van der Waals surface area contributed by atoms with E-state index in [1.807, 2.05) is 0 Å². The van der Waals surface area contributed by atoms with Crippen LogP contribution in [0.3, 0.4) is 0 Å². The Labute approximate surface area is 126 Å². The van der Waals surface area contributed by atoms with E-state index in [1.165, 1.54) is 43.5 Å². The van der Waals surface area contributed by atoms with Gasteiger partial charge in [-0.3, -0.25) is 0 Å². The topological polar surface area (TPSA) is 46.5 Å². The maximum atomic E-state index is 14.1. The van der Waals surface area contributed by atoms with Crippen molar-refractivity contribution in [2.24, 2.45) is 0 Å². The van der Waals surface area contributed by atoms with Gasteiger partial charge in [0.15, 0.2) is 0 Å². The Hall–Kier alpha value is -2.69. The number of hydrogen-bond acceptors (Lipinski definition) is 2. The summed E-state index contributed by atoms with van der Waals surface area (Å²) in [5.41, 5.74) is 1.41. The second-order valence-corrected chi connectivity index (χ2v) is 4.70. The lowest BCUT2D eigenvalue weighted by Crippen LogP contribution is -1.94. The van der Waals surface area contributed by atoms with Crippen molar-refractivity contribution in [3.05, 3.63) is 59.7 Å². The molecule has 0 aromatic heterocycles. The molecule has 114 valence electrons. The predicted molar refractivity (Wildman–Crippen MR) is 79.6 cm³/mol. The smallest absolute Gasteiger partial charge is 0.328 e. The largest absolute Gasteiger partial charge is 0.496 e. The number of carboxylic acid groups (broad SMARTS) is 1. The zero-order valence-electron chi connectivity index (χ0n) is 12.1. The number of carboxylic acids is 1. The van der Waals surface area contributed by atoms with Crippen molar-refractivity contribution in [1.82, 2.24) is 0 Å². The molecule has 3 nitrogen and oxygen atoms in total. The van der Waals surface area contributed by atoms with Gasteiger partial charge in [-0.05, 0) is 48.4 Å². The number of rotatable bonds is 4. The molecule has 0 radical (unpaired) electrons. The Kier molecular flexibility index (Phi) is 4.56. The highest BCUT2D eigenvalue weighted by atomic mass is 19.1. The fraction of sp³-hybridized carbons (Fsp3) is 0.118. The van der Waals surface area contributed by atoms with Crippen LogP contribution in [0, 0.1) is 11.6 Å². The van der Waals surface area contributed by atoms with E-state index in [1.54, 1.807) is 6.92 Å². The quantitative estimate of drug-likeness (QED) is 0.864. The van der Waals surface area contributed by atoms with Crippen molar-refractivity contribution >= 4 is 11.5 Å². The highest BCUT2D eigenvalue weighted by molar-refractivity contribution is 5.90. The first-order valence-corrected chi connectivity index (χ1v) is 6.47. The lowest BCUT2D eigenvalue weighted by molar-refractivity contribution is -0.131. The number of halogens is 2. The van der Waals surface area contributed by atoms with Gasteiger partial charge < -0.3 is 9.84 Å². The molecule has 5 heteroatoms. The third kappa shape index (κ3) is 3.31. The van der Waals surface area contributed by atoms with Crippen LogP contribution in [-0.4, -0.2) is 18.2 Å². The van der Waals surface area contributed by atoms with Crippen LogP contribution in [0.4, 0.5) is 8.78 Å². The van der Waals surface area contributed by atoms with Gasteiger partial charge in [0.2, 0.25) is 0 Å². The van der Waals surface area contributed by atoms with E-state index in [2.05, 4.69) is 0 Å². The molecular weight excluding hydrogens is 290 g/mol. The minimum atomic E-state index is -1.09. The van der Waals surface area contributed by atoms with Crippen molar-refractivity contribution in [3.63, 3.8) is 0 Å². The monoisotopic (exact) mass is 304 g/mol. The highest BCUT2D eigenvalue weighted by Gasteiger charge is 2.13. The van der Waals surface area contributed by atoms with Crippen molar-refractivity contribution in [2.45, 2.75) is 6.92 Å². The van der Waals surface area contributed by atoms with Gasteiger partial charge in [-0.25, -0.2) is 13.6 Å². The van der Waals surface area contributed by atoms with Crippen LogP contribution in [-0.2, 0) is 4.79 Å². The molecule has 2 aromatic rings. The summed E-state index contributed by atoms with van der Waals surface area (Å²) < 4.78 is 32.7. The number of benzene rings is 2. The molecule has 0 bridgehead atoms. The van der Waals surface area contributed by atoms with Crippen molar-refractivity contribution in [3.8, 4) is 16.9 Å². The molecule has 0 saturated carbocycles. The van der Waals surface area contributed by atoms with Crippen molar-refractivity contribution < 1.29 is 23.4 Å². The maximum absolute atomic E-state index is 14.1. The maximum Gasteiger partial charge on any atom is 0.328 e. The molecule has 22 heavy (non-hydrogen) atoms. The van der Waals surface area contributed by atoms with Crippen LogP contribution in [0.5, 0.6) is 5.75 Å². The van der Waals surface area contributed by atoms with Gasteiger partial charge in [-0.15, -0.1) is 0 Å². The summed E-state index contributed by atoms with van der Waals surface area (Å²) in [5.74, 6) is -1.82. The van der Waals surface area contributed by atoms with Gasteiger partial charge in [-0.2, -0.15) is 0 Å². The second-order valence-electron chi connectivity index (χ2n) is 4.70. The number of carbonyl (C=O) groups is 1. The fourth-order valence-electron chi connectivity index (χ4n) is 2.14. The lowest BCUT2D eigenvalue weighted by Gasteiger charge is -2.11. The molecule has 0 aliphatic heterocycles. The molecule has 1 N–H and O–H groups in total. The van der Waals surface area contributed by atoms with E-state index in [4.69, 9.17) is 9.84 Å². The molecule has 0 atom stereocenters. The van der Waals surface area contributed by atoms with Crippen LogP contribution in [0.2, 0.25) is 0 Å². The Balaban J connectivity index is 2.61. The SMILES string of the molecule is COc1ccc(F)cc1-c1cc(/C(C)=C/C(=O)O)ccc1F. The minimum Gasteiger partial charge on any atom is -0.496 e. The Morgan fingerprint density at radius 1 is 1.14 bits per heavy atom. The zero-order valence-corrected chi connectivity index (χ0v) is 12.1. The van der Waals surface area contributed by atoms with E-state index >= 15 is 0 Å². The van der Waals surface area contributed by atoms with Gasteiger partial charge in [0.25, 0.3) is 0 Å². The average molecular weight is 304 g/mol. The van der Waals surface area contributed by atoms with E-state index in [9.17, 15) is 13.6 Å². The van der Waals surface area contributed by atoms with Gasteiger partial charge >= 0.3 is 5.97 Å². The van der Waals surface area contributed by atoms with E-state index in [-0.39, 0.29) is 11.1 Å². The van der Waals surface area contributed by atoms with Crippen LogP contribution >= 0.6 is 0 Å². The molecule has 0 spiro atoms. The van der Waals surface area contributed by atoms with Crippen LogP contribution < -0.4 is 4.74 Å². The third-order valence-electron chi connectivity index (χ3n) is 3.21.